The van der Waals surface area contributed by atoms with Crippen LogP contribution in [0.2, 0.25) is 5.02 Å². The molecule has 1 N–H and O–H groups in total. The Bertz CT molecular complexity index is 827. The Labute approximate surface area is 134 Å². The number of sulfone groups is 1. The van der Waals surface area contributed by atoms with Crippen LogP contribution in [0.25, 0.3) is 0 Å². The van der Waals surface area contributed by atoms with E-state index in [-0.39, 0.29) is 10.9 Å². The first kappa shape index (κ1) is 16.3. The van der Waals surface area contributed by atoms with Crippen molar-refractivity contribution in [2.75, 3.05) is 11.6 Å². The Morgan fingerprint density at radius 1 is 1.32 bits per heavy atom. The molecule has 0 aliphatic carbocycles. The Morgan fingerprint density at radius 3 is 2.45 bits per heavy atom. The standard InChI is InChI=1S/C15H14ClN3O2S/c1-10(12-3-5-13(6-4-12)22(2,20)21)19-15-14(16)7-11(8-17)9-18-15/h3-7,9-10H,1-2H3,(H,18,19)/t10-/m0/s1. The fourth-order valence-corrected chi connectivity index (χ4v) is 2.75. The van der Waals surface area contributed by atoms with E-state index in [9.17, 15) is 8.42 Å². The van der Waals surface area contributed by atoms with Gasteiger partial charge in [-0.2, -0.15) is 5.26 Å². The van der Waals surface area contributed by atoms with Crippen LogP contribution in [0, 0.1) is 11.3 Å². The molecule has 5 nitrogen and oxygen atoms in total. The van der Waals surface area contributed by atoms with Gasteiger partial charge in [0.05, 0.1) is 15.5 Å². The Morgan fingerprint density at radius 2 is 1.95 bits per heavy atom. The molecule has 7 heteroatoms. The second kappa shape index (κ2) is 6.34. The van der Waals surface area contributed by atoms with E-state index < -0.39 is 9.84 Å². The summed E-state index contributed by atoms with van der Waals surface area (Å²) >= 11 is 6.07. The number of pyridine rings is 1. The number of aromatic nitrogens is 1. The Balaban J connectivity index is 2.19. The number of anilines is 1. The van der Waals surface area contributed by atoms with Gasteiger partial charge in [-0.25, -0.2) is 13.4 Å². The maximum Gasteiger partial charge on any atom is 0.175 e. The quantitative estimate of drug-likeness (QED) is 0.927. The monoisotopic (exact) mass is 335 g/mol. The van der Waals surface area contributed by atoms with Crippen molar-refractivity contribution in [3.63, 3.8) is 0 Å². The third-order valence-electron chi connectivity index (χ3n) is 3.13. The van der Waals surface area contributed by atoms with Crippen LogP contribution in [0.3, 0.4) is 0 Å². The predicted octanol–water partition coefficient (Wildman–Crippen LogP) is 3.18. The van der Waals surface area contributed by atoms with Gasteiger partial charge in [0.15, 0.2) is 9.84 Å². The van der Waals surface area contributed by atoms with Gasteiger partial charge in [0.25, 0.3) is 0 Å². The molecule has 2 aromatic rings. The zero-order chi connectivity index (χ0) is 16.3. The summed E-state index contributed by atoms with van der Waals surface area (Å²) in [5.74, 6) is 0.473. The largest absolute Gasteiger partial charge is 0.362 e. The summed E-state index contributed by atoms with van der Waals surface area (Å²) in [4.78, 5) is 4.39. The molecule has 0 radical (unpaired) electrons. The van der Waals surface area contributed by atoms with Gasteiger partial charge in [-0.15, -0.1) is 0 Å². The van der Waals surface area contributed by atoms with Gasteiger partial charge in [-0.1, -0.05) is 23.7 Å². The van der Waals surface area contributed by atoms with E-state index in [2.05, 4.69) is 10.3 Å². The molecular weight excluding hydrogens is 322 g/mol. The molecule has 0 saturated heterocycles. The van der Waals surface area contributed by atoms with Crippen LogP contribution >= 0.6 is 11.6 Å². The fourth-order valence-electron chi connectivity index (χ4n) is 1.90. The van der Waals surface area contributed by atoms with E-state index in [0.717, 1.165) is 5.56 Å². The average Bonchev–Trinajstić information content (AvgIpc) is 2.48. The first-order chi connectivity index (χ1) is 10.3. The summed E-state index contributed by atoms with van der Waals surface area (Å²) in [7, 11) is -3.20. The normalized spacial score (nSPS) is 12.5. The summed E-state index contributed by atoms with van der Waals surface area (Å²) in [6.07, 6.45) is 2.61. The SMILES string of the molecule is C[C@H](Nc1ncc(C#N)cc1Cl)c1ccc(S(C)(=O)=O)cc1. The molecule has 1 atom stereocenters. The number of nitrogens with one attached hydrogen (secondary N) is 1. The van der Waals surface area contributed by atoms with Crippen molar-refractivity contribution in [3.8, 4) is 6.07 Å². The summed E-state index contributed by atoms with van der Waals surface area (Å²) in [5.41, 5.74) is 1.29. The van der Waals surface area contributed by atoms with Crippen molar-refractivity contribution in [2.45, 2.75) is 17.9 Å². The van der Waals surface area contributed by atoms with Crippen LogP contribution in [0.15, 0.2) is 41.4 Å². The maximum absolute atomic E-state index is 11.4. The van der Waals surface area contributed by atoms with Crippen LogP contribution in [0.4, 0.5) is 5.82 Å². The van der Waals surface area contributed by atoms with Gasteiger partial charge in [-0.05, 0) is 30.7 Å². The van der Waals surface area contributed by atoms with Crippen LogP contribution in [-0.2, 0) is 9.84 Å². The van der Waals surface area contributed by atoms with Crippen molar-refractivity contribution in [1.29, 1.82) is 5.26 Å². The zero-order valence-corrected chi connectivity index (χ0v) is 13.6. The Hall–Kier alpha value is -2.10. The maximum atomic E-state index is 11.4. The van der Waals surface area contributed by atoms with Gasteiger partial charge in [0.1, 0.15) is 11.9 Å². The highest BCUT2D eigenvalue weighted by molar-refractivity contribution is 7.90. The molecule has 22 heavy (non-hydrogen) atoms. The van der Waals surface area contributed by atoms with Crippen LogP contribution in [0.5, 0.6) is 0 Å². The van der Waals surface area contributed by atoms with Gasteiger partial charge in [0, 0.05) is 18.5 Å². The molecule has 114 valence electrons. The number of nitrogens with zero attached hydrogens (tertiary/aromatic N) is 2. The highest BCUT2D eigenvalue weighted by Gasteiger charge is 2.11. The lowest BCUT2D eigenvalue weighted by Gasteiger charge is -2.16. The van der Waals surface area contributed by atoms with Crippen molar-refractivity contribution in [3.05, 3.63) is 52.7 Å². The van der Waals surface area contributed by atoms with Crippen LogP contribution in [-0.4, -0.2) is 19.7 Å². The number of benzene rings is 1. The van der Waals surface area contributed by atoms with Gasteiger partial charge >= 0.3 is 0 Å². The third-order valence-corrected chi connectivity index (χ3v) is 4.55. The van der Waals surface area contributed by atoms with E-state index in [1.54, 1.807) is 24.3 Å². The number of hydrogen-bond donors (Lipinski definition) is 1. The first-order valence-electron chi connectivity index (χ1n) is 6.43. The summed E-state index contributed by atoms with van der Waals surface area (Å²) in [6, 6.07) is 10.0. The smallest absolute Gasteiger partial charge is 0.175 e. The minimum absolute atomic E-state index is 0.119. The molecule has 0 saturated carbocycles. The van der Waals surface area contributed by atoms with Crippen LogP contribution < -0.4 is 5.32 Å². The molecule has 0 unspecified atom stereocenters. The van der Waals surface area contributed by atoms with E-state index in [1.165, 1.54) is 18.5 Å². The molecular formula is C15H14ClN3O2S. The molecule has 0 fully saturated rings. The second-order valence-electron chi connectivity index (χ2n) is 4.87. The molecule has 0 aliphatic rings. The zero-order valence-electron chi connectivity index (χ0n) is 12.0. The van der Waals surface area contributed by atoms with Crippen molar-refractivity contribution in [2.24, 2.45) is 0 Å². The number of halogens is 1. The molecule has 1 aromatic carbocycles. The van der Waals surface area contributed by atoms with Crippen LogP contribution in [0.1, 0.15) is 24.1 Å². The molecule has 0 amide bonds. The molecule has 2 rings (SSSR count). The first-order valence-corrected chi connectivity index (χ1v) is 8.70. The van der Waals surface area contributed by atoms with Gasteiger partial charge in [0.2, 0.25) is 0 Å². The van der Waals surface area contributed by atoms with Crippen molar-refractivity contribution >= 4 is 27.3 Å². The minimum atomic E-state index is -3.20. The van der Waals surface area contributed by atoms with Crippen molar-refractivity contribution < 1.29 is 8.42 Å². The van der Waals surface area contributed by atoms with E-state index in [0.29, 0.717) is 16.4 Å². The molecule has 1 aromatic heterocycles. The lowest BCUT2D eigenvalue weighted by Crippen LogP contribution is -2.09. The summed E-state index contributed by atoms with van der Waals surface area (Å²) in [5, 5.41) is 12.3. The second-order valence-corrected chi connectivity index (χ2v) is 7.30. The number of rotatable bonds is 4. The highest BCUT2D eigenvalue weighted by atomic mass is 35.5. The fraction of sp³-hybridized carbons (Fsp3) is 0.200. The highest BCUT2D eigenvalue weighted by Crippen LogP contribution is 2.25. The average molecular weight is 336 g/mol. The van der Waals surface area contributed by atoms with E-state index in [4.69, 9.17) is 16.9 Å². The van der Waals surface area contributed by atoms with Crippen molar-refractivity contribution in [1.82, 2.24) is 4.98 Å². The number of hydrogen-bond acceptors (Lipinski definition) is 5. The van der Waals surface area contributed by atoms with E-state index >= 15 is 0 Å². The third kappa shape index (κ3) is 3.75. The lowest BCUT2D eigenvalue weighted by atomic mass is 10.1. The number of nitriles is 1. The molecule has 1 heterocycles. The Kier molecular flexibility index (Phi) is 4.69. The molecule has 0 bridgehead atoms. The van der Waals surface area contributed by atoms with Gasteiger partial charge in [-0.3, -0.25) is 0 Å². The minimum Gasteiger partial charge on any atom is -0.362 e. The topological polar surface area (TPSA) is 82.8 Å². The molecule has 0 aliphatic heterocycles. The summed E-state index contributed by atoms with van der Waals surface area (Å²) < 4.78 is 22.9. The predicted molar refractivity (Wildman–Crippen MR) is 85.6 cm³/mol. The van der Waals surface area contributed by atoms with Gasteiger partial charge < -0.3 is 5.32 Å². The lowest BCUT2D eigenvalue weighted by molar-refractivity contribution is 0.602. The van der Waals surface area contributed by atoms with E-state index in [1.807, 2.05) is 13.0 Å². The summed E-state index contributed by atoms with van der Waals surface area (Å²) in [6.45, 7) is 1.91. The molecule has 0 spiro atoms.